The van der Waals surface area contributed by atoms with Gasteiger partial charge in [-0.15, -0.1) is 0 Å². The molecule has 16 heteroatoms. The Bertz CT molecular complexity index is 2050. The van der Waals surface area contributed by atoms with Crippen molar-refractivity contribution in [3.8, 4) is 11.1 Å². The molecule has 3 aromatic carbocycles. The van der Waals surface area contributed by atoms with Gasteiger partial charge in [0.15, 0.2) is 0 Å². The smallest absolute Gasteiger partial charge is 0.407 e. The zero-order chi connectivity index (χ0) is 47.6. The molecule has 65 heavy (non-hydrogen) atoms. The summed E-state index contributed by atoms with van der Waals surface area (Å²) in [5.74, 6) is -3.30. The molecule has 1 aliphatic rings. The number of amides is 5. The fourth-order valence-corrected chi connectivity index (χ4v) is 7.07. The Balaban J connectivity index is 1.41. The van der Waals surface area contributed by atoms with Crippen molar-refractivity contribution in [2.75, 3.05) is 19.7 Å². The standard InChI is InChI=1S/C49H65N5O11/c1-32(24-27-42(56)62-30-33-17-9-8-10-18-33)52-41(55)26-25-40(44(58)51-29-43(57)64-48(2,3)4)53-45(59)39(23-15-16-28-50-46(60)65-49(5,6)7)54-47(61)63-31-38-36-21-13-11-19-34(36)35-20-12-14-22-37(35)38/h8-14,17-22,32,38-40H,15-16,23-31H2,1-7H3,(H,50,60)(H,51,58)(H,52,55)(H,53,59)(H,54,61). The lowest BCUT2D eigenvalue weighted by molar-refractivity contribution is -0.154. The molecular weight excluding hydrogens is 835 g/mol. The van der Waals surface area contributed by atoms with E-state index in [2.05, 4.69) is 26.6 Å². The first-order chi connectivity index (χ1) is 30.8. The van der Waals surface area contributed by atoms with Gasteiger partial charge in [0.25, 0.3) is 0 Å². The van der Waals surface area contributed by atoms with Crippen molar-refractivity contribution < 1.29 is 52.5 Å². The Morgan fingerprint density at radius 2 is 1.18 bits per heavy atom. The predicted octanol–water partition coefficient (Wildman–Crippen LogP) is 6.34. The van der Waals surface area contributed by atoms with Gasteiger partial charge in [-0.1, -0.05) is 78.9 Å². The number of esters is 2. The first-order valence-corrected chi connectivity index (χ1v) is 22.1. The highest BCUT2D eigenvalue weighted by Gasteiger charge is 2.32. The Labute approximate surface area is 381 Å². The van der Waals surface area contributed by atoms with Gasteiger partial charge in [-0.25, -0.2) is 9.59 Å². The highest BCUT2D eigenvalue weighted by atomic mass is 16.6. The van der Waals surface area contributed by atoms with Crippen LogP contribution < -0.4 is 26.6 Å². The third-order valence-corrected chi connectivity index (χ3v) is 10.1. The van der Waals surface area contributed by atoms with Gasteiger partial charge in [-0.2, -0.15) is 0 Å². The number of nitrogens with one attached hydrogen (secondary N) is 5. The van der Waals surface area contributed by atoms with Crippen molar-refractivity contribution in [3.63, 3.8) is 0 Å². The van der Waals surface area contributed by atoms with E-state index >= 15 is 0 Å². The Morgan fingerprint density at radius 1 is 0.585 bits per heavy atom. The summed E-state index contributed by atoms with van der Waals surface area (Å²) in [7, 11) is 0. The highest BCUT2D eigenvalue weighted by molar-refractivity contribution is 5.93. The molecule has 1 aliphatic carbocycles. The third kappa shape index (κ3) is 18.3. The summed E-state index contributed by atoms with van der Waals surface area (Å²) in [6.07, 6.45) is -0.627. The molecule has 352 valence electrons. The summed E-state index contributed by atoms with van der Waals surface area (Å²) >= 11 is 0. The van der Waals surface area contributed by atoms with Crippen molar-refractivity contribution in [2.24, 2.45) is 0 Å². The zero-order valence-corrected chi connectivity index (χ0v) is 38.6. The second kappa shape index (κ2) is 24.6. The fourth-order valence-electron chi connectivity index (χ4n) is 7.07. The molecule has 0 aliphatic heterocycles. The minimum atomic E-state index is -1.32. The molecule has 3 unspecified atom stereocenters. The predicted molar refractivity (Wildman–Crippen MR) is 243 cm³/mol. The van der Waals surface area contributed by atoms with E-state index in [9.17, 15) is 33.6 Å². The highest BCUT2D eigenvalue weighted by Crippen LogP contribution is 2.44. The van der Waals surface area contributed by atoms with E-state index in [0.717, 1.165) is 27.8 Å². The molecule has 0 heterocycles. The lowest BCUT2D eigenvalue weighted by Crippen LogP contribution is -2.54. The molecule has 3 aromatic rings. The molecule has 0 saturated heterocycles. The van der Waals surface area contributed by atoms with Gasteiger partial charge in [0.1, 0.15) is 43.0 Å². The minimum Gasteiger partial charge on any atom is -0.461 e. The number of unbranched alkanes of at least 4 members (excludes halogenated alkanes) is 1. The van der Waals surface area contributed by atoms with Crippen LogP contribution in [0.5, 0.6) is 0 Å². The van der Waals surface area contributed by atoms with E-state index in [1.54, 1.807) is 48.5 Å². The van der Waals surface area contributed by atoms with Gasteiger partial charge in [-0.05, 0) is 108 Å². The van der Waals surface area contributed by atoms with Gasteiger partial charge in [0, 0.05) is 31.3 Å². The number of carbonyl (C=O) groups excluding carboxylic acids is 7. The van der Waals surface area contributed by atoms with Crippen molar-refractivity contribution in [3.05, 3.63) is 95.6 Å². The van der Waals surface area contributed by atoms with Crippen LogP contribution in [-0.2, 0) is 49.5 Å². The number of hydrogen-bond acceptors (Lipinski definition) is 11. The molecule has 0 bridgehead atoms. The average molecular weight is 900 g/mol. The van der Waals surface area contributed by atoms with E-state index in [1.807, 2.05) is 78.9 Å². The quantitative estimate of drug-likeness (QED) is 0.0426. The lowest BCUT2D eigenvalue weighted by atomic mass is 9.98. The van der Waals surface area contributed by atoms with Crippen LogP contribution in [0.15, 0.2) is 78.9 Å². The van der Waals surface area contributed by atoms with Crippen molar-refractivity contribution in [1.29, 1.82) is 0 Å². The Hall–Kier alpha value is -6.45. The first kappa shape index (κ1) is 51.2. The normalized spacial score (nSPS) is 13.4. The molecule has 0 radical (unpaired) electrons. The van der Waals surface area contributed by atoms with E-state index < -0.39 is 77.7 Å². The summed E-state index contributed by atoms with van der Waals surface area (Å²) in [6.45, 7) is 11.9. The number of carbonyl (C=O) groups is 7. The van der Waals surface area contributed by atoms with Crippen LogP contribution in [0, 0.1) is 0 Å². The van der Waals surface area contributed by atoms with Gasteiger partial charge in [-0.3, -0.25) is 24.0 Å². The van der Waals surface area contributed by atoms with Crippen LogP contribution >= 0.6 is 0 Å². The number of hydrogen-bond donors (Lipinski definition) is 5. The molecule has 5 amide bonds. The number of ether oxygens (including phenoxy) is 4. The van der Waals surface area contributed by atoms with Crippen LogP contribution in [0.2, 0.25) is 0 Å². The van der Waals surface area contributed by atoms with Gasteiger partial charge in [0.05, 0.1) is 0 Å². The van der Waals surface area contributed by atoms with E-state index in [0.29, 0.717) is 19.3 Å². The lowest BCUT2D eigenvalue weighted by Gasteiger charge is -2.24. The number of fused-ring (bicyclic) bond motifs is 3. The van der Waals surface area contributed by atoms with E-state index in [-0.39, 0.29) is 51.4 Å². The molecular formula is C49H65N5O11. The molecule has 0 spiro atoms. The van der Waals surface area contributed by atoms with Gasteiger partial charge < -0.3 is 45.5 Å². The van der Waals surface area contributed by atoms with Gasteiger partial charge in [0.2, 0.25) is 17.7 Å². The fraction of sp³-hybridized carbons (Fsp3) is 0.490. The molecule has 0 aromatic heterocycles. The largest absolute Gasteiger partial charge is 0.461 e. The minimum absolute atomic E-state index is 0.00783. The molecule has 0 saturated carbocycles. The molecule has 4 rings (SSSR count). The second-order valence-electron chi connectivity index (χ2n) is 18.0. The van der Waals surface area contributed by atoms with Crippen molar-refractivity contribution >= 4 is 41.8 Å². The van der Waals surface area contributed by atoms with Crippen LogP contribution in [-0.4, -0.2) is 90.9 Å². The molecule has 0 fully saturated rings. The monoisotopic (exact) mass is 899 g/mol. The number of alkyl carbamates (subject to hydrolysis) is 2. The van der Waals surface area contributed by atoms with Crippen molar-refractivity contribution in [2.45, 2.75) is 135 Å². The second-order valence-corrected chi connectivity index (χ2v) is 18.0. The summed E-state index contributed by atoms with van der Waals surface area (Å²) < 4.78 is 21.7. The van der Waals surface area contributed by atoms with Crippen LogP contribution in [0.25, 0.3) is 11.1 Å². The summed E-state index contributed by atoms with van der Waals surface area (Å²) in [4.78, 5) is 91.3. The zero-order valence-electron chi connectivity index (χ0n) is 38.6. The first-order valence-electron chi connectivity index (χ1n) is 22.1. The van der Waals surface area contributed by atoms with Crippen LogP contribution in [0.3, 0.4) is 0 Å². The topological polar surface area (TPSA) is 217 Å². The maximum absolute atomic E-state index is 14.1. The Kier molecular flexibility index (Phi) is 19.3. The average Bonchev–Trinajstić information content (AvgIpc) is 3.56. The van der Waals surface area contributed by atoms with Crippen molar-refractivity contribution in [1.82, 2.24) is 26.6 Å². The van der Waals surface area contributed by atoms with Gasteiger partial charge >= 0.3 is 24.1 Å². The van der Waals surface area contributed by atoms with Crippen LogP contribution in [0.1, 0.15) is 116 Å². The number of rotatable bonds is 22. The molecule has 16 nitrogen and oxygen atoms in total. The van der Waals surface area contributed by atoms with E-state index in [1.165, 1.54) is 0 Å². The maximum Gasteiger partial charge on any atom is 0.407 e. The van der Waals surface area contributed by atoms with Crippen LogP contribution in [0.4, 0.5) is 9.59 Å². The maximum atomic E-state index is 14.1. The van der Waals surface area contributed by atoms with E-state index in [4.69, 9.17) is 18.9 Å². The summed E-state index contributed by atoms with van der Waals surface area (Å²) in [5, 5.41) is 13.3. The third-order valence-electron chi connectivity index (χ3n) is 10.1. The summed E-state index contributed by atoms with van der Waals surface area (Å²) in [5.41, 5.74) is 3.46. The summed E-state index contributed by atoms with van der Waals surface area (Å²) in [6, 6.07) is 22.1. The number of benzene rings is 3. The Morgan fingerprint density at radius 3 is 1.82 bits per heavy atom. The molecule has 5 N–H and O–H groups in total. The molecule has 3 atom stereocenters. The SMILES string of the molecule is CC(CCC(=O)OCc1ccccc1)NC(=O)CCC(NC(=O)C(CCCCNC(=O)OC(C)(C)C)NC(=O)OCC1c2ccccc2-c2ccccc21)C(=O)NCC(=O)OC(C)(C)C.